The van der Waals surface area contributed by atoms with Crippen LogP contribution in [0.25, 0.3) is 32.7 Å². The molecule has 0 spiro atoms. The number of aromatic nitrogens is 2. The highest BCUT2D eigenvalue weighted by Gasteiger charge is 2.45. The Morgan fingerprint density at radius 2 is 1.17 bits per heavy atom. The molecule has 8 aromatic rings. The fourth-order valence-electron chi connectivity index (χ4n) is 8.93. The molecule has 0 aliphatic carbocycles. The molecule has 0 N–H and O–H groups in total. The maximum absolute atomic E-state index is 4.98. The van der Waals surface area contributed by atoms with Crippen LogP contribution in [0.3, 0.4) is 0 Å². The molecule has 4 nitrogen and oxygen atoms in total. The molecule has 2 aliphatic rings. The number of fused-ring (bicyclic) bond motifs is 6. The van der Waals surface area contributed by atoms with Gasteiger partial charge in [-0.1, -0.05) is 125 Å². The monoisotopic (exact) mass is 670 g/mol. The van der Waals surface area contributed by atoms with E-state index in [1.54, 1.807) is 0 Å². The van der Waals surface area contributed by atoms with Gasteiger partial charge in [0.15, 0.2) is 0 Å². The lowest BCUT2D eigenvalue weighted by atomic mass is 9.66. The maximum atomic E-state index is 4.98. The predicted octanol–water partition coefficient (Wildman–Crippen LogP) is 12.7. The molecule has 0 fully saturated rings. The average molecular weight is 671 g/mol. The van der Waals surface area contributed by atoms with Crippen molar-refractivity contribution in [3.63, 3.8) is 0 Å². The van der Waals surface area contributed by atoms with Gasteiger partial charge in [-0.05, 0) is 86.6 Å². The molecule has 0 saturated carbocycles. The normalized spacial score (nSPS) is 14.8. The third kappa shape index (κ3) is 4.27. The number of hydrogen-bond donors (Lipinski definition) is 0. The van der Waals surface area contributed by atoms with Gasteiger partial charge < -0.3 is 4.90 Å². The van der Waals surface area contributed by atoms with Gasteiger partial charge >= 0.3 is 0 Å². The summed E-state index contributed by atoms with van der Waals surface area (Å²) in [4.78, 5) is 14.1. The highest BCUT2D eigenvalue weighted by Crippen LogP contribution is 2.60. The molecule has 0 saturated heterocycles. The van der Waals surface area contributed by atoms with Gasteiger partial charge in [-0.3, -0.25) is 9.88 Å². The molecule has 10 rings (SSSR count). The topological polar surface area (TPSA) is 32.3 Å². The van der Waals surface area contributed by atoms with Crippen molar-refractivity contribution in [1.82, 2.24) is 9.97 Å². The second-order valence-corrected chi connectivity index (χ2v) is 15.1. The van der Waals surface area contributed by atoms with Crippen LogP contribution >= 0.6 is 0 Å². The van der Waals surface area contributed by atoms with Crippen molar-refractivity contribution >= 4 is 55.8 Å². The van der Waals surface area contributed by atoms with E-state index in [1.165, 1.54) is 55.8 Å². The largest absolute Gasteiger partial charge is 0.309 e. The maximum Gasteiger partial charge on any atom is 0.145 e. The third-order valence-electron chi connectivity index (χ3n) is 11.6. The number of para-hydroxylation sites is 2. The fraction of sp³-hybridized carbons (Fsp3) is 0.125. The van der Waals surface area contributed by atoms with Crippen LogP contribution < -0.4 is 9.80 Å². The summed E-state index contributed by atoms with van der Waals surface area (Å²) < 4.78 is 0. The summed E-state index contributed by atoms with van der Waals surface area (Å²) in [6, 6.07) is 51.0. The number of nitrogens with zero attached hydrogens (tertiary/aromatic N) is 4. The Morgan fingerprint density at radius 3 is 1.98 bits per heavy atom. The van der Waals surface area contributed by atoms with Gasteiger partial charge in [-0.2, -0.15) is 0 Å². The minimum atomic E-state index is -0.205. The first-order valence-corrected chi connectivity index (χ1v) is 18.1. The van der Waals surface area contributed by atoms with Crippen LogP contribution in [0.4, 0.5) is 34.3 Å². The number of rotatable bonds is 4. The van der Waals surface area contributed by atoms with Gasteiger partial charge in [-0.25, -0.2) is 4.98 Å². The SMILES string of the molecule is CC1(C)c2ccccc2N2c3ccc(-c4ccc(N(c5ccncc5)c5nccc6ccccc56)c5ccccc45)cc3C(C)(C)c3cccc1c32. The Hall–Kier alpha value is -6.26. The molecule has 2 aromatic heterocycles. The molecule has 0 amide bonds. The smallest absolute Gasteiger partial charge is 0.145 e. The lowest BCUT2D eigenvalue weighted by molar-refractivity contribution is 0.597. The summed E-state index contributed by atoms with van der Waals surface area (Å²) in [6.07, 6.45) is 5.60. The Balaban J connectivity index is 1.18. The first-order valence-electron chi connectivity index (χ1n) is 18.1. The van der Waals surface area contributed by atoms with Crippen LogP contribution in [-0.4, -0.2) is 9.97 Å². The second kappa shape index (κ2) is 11.1. The summed E-state index contributed by atoms with van der Waals surface area (Å²) in [5, 5.41) is 4.60. The molecular formula is C48H38N4. The van der Waals surface area contributed by atoms with Crippen LogP contribution in [0.15, 0.2) is 158 Å². The Bertz CT molecular complexity index is 2700. The molecule has 2 aliphatic heterocycles. The summed E-state index contributed by atoms with van der Waals surface area (Å²) in [6.45, 7) is 9.51. The van der Waals surface area contributed by atoms with Gasteiger partial charge in [0.25, 0.3) is 0 Å². The van der Waals surface area contributed by atoms with E-state index in [4.69, 9.17) is 4.98 Å². The molecule has 0 unspecified atom stereocenters. The zero-order valence-corrected chi connectivity index (χ0v) is 29.8. The van der Waals surface area contributed by atoms with E-state index in [2.05, 4.69) is 182 Å². The Morgan fingerprint density at radius 1 is 0.519 bits per heavy atom. The summed E-state index contributed by atoms with van der Waals surface area (Å²) in [5.41, 5.74) is 13.5. The first-order chi connectivity index (χ1) is 25.3. The second-order valence-electron chi connectivity index (χ2n) is 15.1. The Kier molecular flexibility index (Phi) is 6.53. The van der Waals surface area contributed by atoms with E-state index in [0.29, 0.717) is 0 Å². The molecule has 0 bridgehead atoms. The number of anilines is 6. The molecule has 4 heterocycles. The molecule has 0 atom stereocenters. The van der Waals surface area contributed by atoms with Gasteiger partial charge in [0.2, 0.25) is 0 Å². The van der Waals surface area contributed by atoms with Crippen molar-refractivity contribution in [2.24, 2.45) is 0 Å². The van der Waals surface area contributed by atoms with Crippen LogP contribution in [0.2, 0.25) is 0 Å². The predicted molar refractivity (Wildman–Crippen MR) is 216 cm³/mol. The van der Waals surface area contributed by atoms with Gasteiger partial charge in [0, 0.05) is 40.2 Å². The molecule has 52 heavy (non-hydrogen) atoms. The van der Waals surface area contributed by atoms with Gasteiger partial charge in [0.05, 0.1) is 28.4 Å². The van der Waals surface area contributed by atoms with Crippen molar-refractivity contribution in [2.45, 2.75) is 38.5 Å². The van der Waals surface area contributed by atoms with E-state index in [9.17, 15) is 0 Å². The van der Waals surface area contributed by atoms with E-state index in [-0.39, 0.29) is 10.8 Å². The van der Waals surface area contributed by atoms with Crippen molar-refractivity contribution in [1.29, 1.82) is 0 Å². The van der Waals surface area contributed by atoms with Crippen molar-refractivity contribution in [3.8, 4) is 11.1 Å². The lowest BCUT2D eigenvalue weighted by Gasteiger charge is -2.49. The minimum absolute atomic E-state index is 0.0989. The lowest BCUT2D eigenvalue weighted by Crippen LogP contribution is -2.38. The fourth-order valence-corrected chi connectivity index (χ4v) is 8.93. The molecule has 0 radical (unpaired) electrons. The van der Waals surface area contributed by atoms with Crippen LogP contribution in [0.1, 0.15) is 49.9 Å². The first kappa shape index (κ1) is 30.6. The van der Waals surface area contributed by atoms with Gasteiger partial charge in [0.1, 0.15) is 5.82 Å². The third-order valence-corrected chi connectivity index (χ3v) is 11.6. The van der Waals surface area contributed by atoms with Crippen LogP contribution in [-0.2, 0) is 10.8 Å². The zero-order chi connectivity index (χ0) is 35.2. The van der Waals surface area contributed by atoms with E-state index < -0.39 is 0 Å². The molecule has 6 aromatic carbocycles. The van der Waals surface area contributed by atoms with E-state index in [1.807, 2.05) is 18.6 Å². The Labute approximate surface area is 304 Å². The van der Waals surface area contributed by atoms with E-state index >= 15 is 0 Å². The minimum Gasteiger partial charge on any atom is -0.309 e. The van der Waals surface area contributed by atoms with Crippen molar-refractivity contribution in [2.75, 3.05) is 9.80 Å². The van der Waals surface area contributed by atoms with Crippen molar-refractivity contribution < 1.29 is 0 Å². The average Bonchev–Trinajstić information content (AvgIpc) is 3.18. The molecular weight excluding hydrogens is 633 g/mol. The van der Waals surface area contributed by atoms with Crippen molar-refractivity contribution in [3.05, 3.63) is 180 Å². The van der Waals surface area contributed by atoms with Gasteiger partial charge in [-0.15, -0.1) is 0 Å². The number of benzene rings is 6. The summed E-state index contributed by atoms with van der Waals surface area (Å²) in [5.74, 6) is 0.890. The quantitative estimate of drug-likeness (QED) is 0.187. The van der Waals surface area contributed by atoms with Crippen LogP contribution in [0, 0.1) is 0 Å². The number of hydrogen-bond acceptors (Lipinski definition) is 4. The van der Waals surface area contributed by atoms with Crippen LogP contribution in [0.5, 0.6) is 0 Å². The highest BCUT2D eigenvalue weighted by molar-refractivity contribution is 6.08. The zero-order valence-electron chi connectivity index (χ0n) is 29.8. The molecule has 4 heteroatoms. The molecule has 250 valence electrons. The number of pyridine rings is 2. The standard InChI is InChI=1S/C48H38N4/c1-47(2)38-16-9-10-19-43(38)52-44-22-20-32(30-41(44)48(3,4)40-18-11-17-39(47)45(40)52)34-21-23-42(37-15-8-7-14-36(34)37)51(33-25-27-49-28-26-33)46-35-13-6-5-12-31(35)24-29-50-46/h5-30H,1-4H3. The summed E-state index contributed by atoms with van der Waals surface area (Å²) >= 11 is 0. The van der Waals surface area contributed by atoms with E-state index in [0.717, 1.165) is 33.4 Å². The highest BCUT2D eigenvalue weighted by atomic mass is 15.2. The summed E-state index contributed by atoms with van der Waals surface area (Å²) in [7, 11) is 0.